The molecular formula is C50H35NO. The second-order valence-corrected chi connectivity index (χ2v) is 13.0. The minimum Gasteiger partial charge on any atom is -0.456 e. The summed E-state index contributed by atoms with van der Waals surface area (Å²) in [5.41, 5.74) is 14.7. The molecule has 0 saturated heterocycles. The molecule has 0 spiro atoms. The molecule has 0 radical (unpaired) electrons. The average Bonchev–Trinajstić information content (AvgIpc) is 3.67. The summed E-state index contributed by atoms with van der Waals surface area (Å²) in [5, 5.41) is 1.10. The summed E-state index contributed by atoms with van der Waals surface area (Å²) in [5.74, 6) is 0.851. The topological polar surface area (TPSA) is 16.4 Å². The van der Waals surface area contributed by atoms with E-state index in [4.69, 9.17) is 4.42 Å². The number of rotatable bonds is 8. The molecule has 0 unspecified atom stereocenters. The second-order valence-electron chi connectivity index (χ2n) is 13.0. The fourth-order valence-electron chi connectivity index (χ4n) is 7.08. The first-order valence-electron chi connectivity index (χ1n) is 17.7. The van der Waals surface area contributed by atoms with Crippen LogP contribution in [0.2, 0.25) is 0 Å². The zero-order valence-corrected chi connectivity index (χ0v) is 28.6. The van der Waals surface area contributed by atoms with Gasteiger partial charge in [0.25, 0.3) is 0 Å². The van der Waals surface area contributed by atoms with Crippen LogP contribution in [-0.4, -0.2) is 0 Å². The van der Waals surface area contributed by atoms with Crippen LogP contribution in [0, 0.1) is 0 Å². The molecule has 246 valence electrons. The van der Waals surface area contributed by atoms with Crippen LogP contribution in [0.4, 0.5) is 17.1 Å². The van der Waals surface area contributed by atoms with Crippen LogP contribution in [-0.2, 0) is 0 Å². The zero-order chi connectivity index (χ0) is 34.7. The van der Waals surface area contributed by atoms with Crippen molar-refractivity contribution in [2.24, 2.45) is 0 Å². The van der Waals surface area contributed by atoms with Gasteiger partial charge in [0.05, 0.1) is 0 Å². The van der Waals surface area contributed by atoms with Crippen molar-refractivity contribution < 1.29 is 4.42 Å². The molecule has 0 aliphatic carbocycles. The Morgan fingerprint density at radius 3 is 1.42 bits per heavy atom. The molecule has 0 saturated carbocycles. The molecule has 9 aromatic rings. The lowest BCUT2D eigenvalue weighted by molar-refractivity contribution is 0.631. The molecule has 9 rings (SSSR count). The fraction of sp³-hybridized carbons (Fsp3) is 0. The number of nitrogens with zero attached hydrogens (tertiary/aromatic N) is 1. The Labute approximate surface area is 304 Å². The number of hydrogen-bond acceptors (Lipinski definition) is 2. The van der Waals surface area contributed by atoms with Gasteiger partial charge < -0.3 is 9.32 Å². The van der Waals surface area contributed by atoms with E-state index >= 15 is 0 Å². The molecule has 0 bridgehead atoms. The van der Waals surface area contributed by atoms with Crippen LogP contribution in [0.1, 0.15) is 0 Å². The van der Waals surface area contributed by atoms with Gasteiger partial charge >= 0.3 is 0 Å². The second kappa shape index (κ2) is 13.8. The summed E-state index contributed by atoms with van der Waals surface area (Å²) in [6, 6.07) is 75.2. The molecule has 52 heavy (non-hydrogen) atoms. The number of benzene rings is 8. The van der Waals surface area contributed by atoms with Crippen molar-refractivity contribution in [1.29, 1.82) is 0 Å². The highest BCUT2D eigenvalue weighted by atomic mass is 16.3. The summed E-state index contributed by atoms with van der Waals surface area (Å²) in [6.07, 6.45) is 0. The molecular weight excluding hydrogens is 631 g/mol. The Hall–Kier alpha value is -6.90. The number of anilines is 3. The van der Waals surface area contributed by atoms with E-state index in [-0.39, 0.29) is 0 Å². The minimum absolute atomic E-state index is 0.851. The van der Waals surface area contributed by atoms with E-state index in [9.17, 15) is 0 Å². The molecule has 1 heterocycles. The van der Waals surface area contributed by atoms with Crippen LogP contribution in [0.5, 0.6) is 0 Å². The first-order chi connectivity index (χ1) is 25.8. The SMILES string of the molecule is c1ccc(-c2cccc(-c3ccc(N(c4ccc(-c5ccccc5-c5ccccc5)cc4)c4cccc(-c5cc6ccccc6o5)c4)cc3)c2)cc1. The van der Waals surface area contributed by atoms with Gasteiger partial charge in [-0.2, -0.15) is 0 Å². The summed E-state index contributed by atoms with van der Waals surface area (Å²) >= 11 is 0. The normalized spacial score (nSPS) is 11.1. The van der Waals surface area contributed by atoms with E-state index < -0.39 is 0 Å². The fourth-order valence-corrected chi connectivity index (χ4v) is 7.08. The molecule has 8 aromatic carbocycles. The molecule has 0 N–H and O–H groups in total. The Morgan fingerprint density at radius 2 is 0.769 bits per heavy atom. The zero-order valence-electron chi connectivity index (χ0n) is 28.6. The highest BCUT2D eigenvalue weighted by molar-refractivity contribution is 5.87. The molecule has 0 aliphatic heterocycles. The van der Waals surface area contributed by atoms with Gasteiger partial charge in [-0.05, 0) is 99.1 Å². The lowest BCUT2D eigenvalue weighted by Gasteiger charge is -2.26. The van der Waals surface area contributed by atoms with E-state index in [2.05, 4.69) is 199 Å². The average molecular weight is 666 g/mol. The Balaban J connectivity index is 1.11. The van der Waals surface area contributed by atoms with Crippen molar-refractivity contribution in [2.45, 2.75) is 0 Å². The first-order valence-corrected chi connectivity index (χ1v) is 17.7. The lowest BCUT2D eigenvalue weighted by Crippen LogP contribution is -2.10. The van der Waals surface area contributed by atoms with Crippen LogP contribution in [0.15, 0.2) is 217 Å². The smallest absolute Gasteiger partial charge is 0.135 e. The van der Waals surface area contributed by atoms with Crippen LogP contribution < -0.4 is 4.90 Å². The number of furan rings is 1. The van der Waals surface area contributed by atoms with Crippen molar-refractivity contribution in [3.8, 4) is 55.8 Å². The van der Waals surface area contributed by atoms with Crippen LogP contribution in [0.3, 0.4) is 0 Å². The lowest BCUT2D eigenvalue weighted by atomic mass is 9.94. The van der Waals surface area contributed by atoms with E-state index in [0.717, 1.165) is 39.4 Å². The number of hydrogen-bond donors (Lipinski definition) is 0. The third kappa shape index (κ3) is 6.19. The largest absolute Gasteiger partial charge is 0.456 e. The van der Waals surface area contributed by atoms with Gasteiger partial charge in [-0.25, -0.2) is 0 Å². The monoisotopic (exact) mass is 665 g/mol. The molecule has 1 aromatic heterocycles. The molecule has 0 fully saturated rings. The van der Waals surface area contributed by atoms with Gasteiger partial charge in [-0.3, -0.25) is 0 Å². The van der Waals surface area contributed by atoms with Crippen molar-refractivity contribution in [1.82, 2.24) is 0 Å². The molecule has 0 atom stereocenters. The molecule has 0 aliphatic rings. The van der Waals surface area contributed by atoms with E-state index in [1.54, 1.807) is 0 Å². The van der Waals surface area contributed by atoms with Crippen molar-refractivity contribution >= 4 is 28.0 Å². The van der Waals surface area contributed by atoms with Crippen molar-refractivity contribution in [3.63, 3.8) is 0 Å². The highest BCUT2D eigenvalue weighted by Gasteiger charge is 2.16. The quantitative estimate of drug-likeness (QED) is 0.161. The highest BCUT2D eigenvalue weighted by Crippen LogP contribution is 2.40. The third-order valence-corrected chi connectivity index (χ3v) is 9.69. The van der Waals surface area contributed by atoms with E-state index in [0.29, 0.717) is 0 Å². The predicted octanol–water partition coefficient (Wildman–Crippen LogP) is 14.2. The number of fused-ring (bicyclic) bond motifs is 1. The minimum atomic E-state index is 0.851. The summed E-state index contributed by atoms with van der Waals surface area (Å²) in [4.78, 5) is 2.32. The van der Waals surface area contributed by atoms with Gasteiger partial charge in [0.15, 0.2) is 0 Å². The maximum absolute atomic E-state index is 6.30. The van der Waals surface area contributed by atoms with E-state index in [1.807, 2.05) is 18.2 Å². The van der Waals surface area contributed by atoms with Crippen molar-refractivity contribution in [2.75, 3.05) is 4.90 Å². The molecule has 2 nitrogen and oxygen atoms in total. The Kier molecular flexibility index (Phi) is 8.24. The third-order valence-electron chi connectivity index (χ3n) is 9.69. The van der Waals surface area contributed by atoms with Gasteiger partial charge in [-0.15, -0.1) is 0 Å². The molecule has 0 amide bonds. The predicted molar refractivity (Wildman–Crippen MR) is 218 cm³/mol. The maximum Gasteiger partial charge on any atom is 0.135 e. The first kappa shape index (κ1) is 31.1. The maximum atomic E-state index is 6.30. The van der Waals surface area contributed by atoms with E-state index in [1.165, 1.54) is 44.5 Å². The Morgan fingerprint density at radius 1 is 0.288 bits per heavy atom. The van der Waals surface area contributed by atoms with Crippen LogP contribution >= 0.6 is 0 Å². The molecule has 2 heteroatoms. The standard InChI is InChI=1S/C50H35NO/c1-3-13-36(14-4-1)40-18-11-19-41(33-40)37-25-29-44(30-26-37)51(46-21-12-20-42(34-46)50-35-43-17-7-10-24-49(43)52-50)45-31-27-39(28-32-45)48-23-9-8-22-47(48)38-15-5-2-6-16-38/h1-35H. The van der Waals surface area contributed by atoms with Gasteiger partial charge in [0.2, 0.25) is 0 Å². The Bertz CT molecular complexity index is 2570. The summed E-state index contributed by atoms with van der Waals surface area (Å²) < 4.78 is 6.30. The van der Waals surface area contributed by atoms with Crippen molar-refractivity contribution in [3.05, 3.63) is 212 Å². The van der Waals surface area contributed by atoms with Gasteiger partial charge in [-0.1, -0.05) is 158 Å². The number of para-hydroxylation sites is 1. The van der Waals surface area contributed by atoms with Crippen LogP contribution in [0.25, 0.3) is 66.8 Å². The summed E-state index contributed by atoms with van der Waals surface area (Å²) in [6.45, 7) is 0. The van der Waals surface area contributed by atoms with Gasteiger partial charge in [0.1, 0.15) is 11.3 Å². The van der Waals surface area contributed by atoms with Gasteiger partial charge in [0, 0.05) is 28.0 Å². The summed E-state index contributed by atoms with van der Waals surface area (Å²) in [7, 11) is 0.